The molecule has 1 fully saturated rings. The summed E-state index contributed by atoms with van der Waals surface area (Å²) < 4.78 is 53.9. The molecule has 0 atom stereocenters. The molecule has 34 heavy (non-hydrogen) atoms. The summed E-state index contributed by atoms with van der Waals surface area (Å²) in [6, 6.07) is 16.0. The average molecular weight is 473 g/mol. The van der Waals surface area contributed by atoms with E-state index in [2.05, 4.69) is 9.88 Å². The van der Waals surface area contributed by atoms with Gasteiger partial charge in [0.05, 0.1) is 12.7 Å². The van der Waals surface area contributed by atoms with E-state index in [1.54, 1.807) is 36.3 Å². The zero-order chi connectivity index (χ0) is 24.1. The van der Waals surface area contributed by atoms with Gasteiger partial charge < -0.3 is 24.0 Å². The van der Waals surface area contributed by atoms with Gasteiger partial charge in [-0.3, -0.25) is 0 Å². The van der Waals surface area contributed by atoms with Gasteiger partial charge in [0.2, 0.25) is 5.88 Å². The first-order valence-corrected chi connectivity index (χ1v) is 10.5. The molecule has 0 bridgehead atoms. The predicted octanol–water partition coefficient (Wildman–Crippen LogP) is 5.22. The lowest BCUT2D eigenvalue weighted by Gasteiger charge is -2.35. The Kier molecular flexibility index (Phi) is 6.76. The van der Waals surface area contributed by atoms with Crippen molar-refractivity contribution in [1.29, 1.82) is 0 Å². The first kappa shape index (κ1) is 23.2. The molecule has 0 unspecified atom stereocenters. The molecule has 1 amide bonds. The third kappa shape index (κ3) is 5.69. The number of halogens is 3. The van der Waals surface area contributed by atoms with Gasteiger partial charge in [-0.05, 0) is 54.6 Å². The molecule has 1 aromatic heterocycles. The Morgan fingerprint density at radius 2 is 1.47 bits per heavy atom. The lowest BCUT2D eigenvalue weighted by molar-refractivity contribution is -0.137. The van der Waals surface area contributed by atoms with E-state index in [0.717, 1.165) is 23.6 Å². The third-order valence-electron chi connectivity index (χ3n) is 5.29. The fraction of sp³-hybridized carbons (Fsp3) is 0.250. The number of anilines is 1. The van der Waals surface area contributed by atoms with Crippen LogP contribution in [0.1, 0.15) is 5.56 Å². The van der Waals surface area contributed by atoms with Gasteiger partial charge in [-0.15, -0.1) is 0 Å². The van der Waals surface area contributed by atoms with E-state index in [1.807, 2.05) is 24.3 Å². The highest BCUT2D eigenvalue weighted by atomic mass is 19.4. The molecule has 1 saturated heterocycles. The van der Waals surface area contributed by atoms with Crippen LogP contribution < -0.4 is 19.1 Å². The molecular weight excluding hydrogens is 451 g/mol. The first-order chi connectivity index (χ1) is 16.3. The van der Waals surface area contributed by atoms with Gasteiger partial charge >= 0.3 is 12.3 Å². The van der Waals surface area contributed by atoms with E-state index in [1.165, 1.54) is 0 Å². The smallest absolute Gasteiger partial charge is 0.417 e. The van der Waals surface area contributed by atoms with Crippen molar-refractivity contribution >= 4 is 11.8 Å². The van der Waals surface area contributed by atoms with Gasteiger partial charge in [-0.1, -0.05) is 0 Å². The number of hydrogen-bond donors (Lipinski definition) is 0. The van der Waals surface area contributed by atoms with Crippen LogP contribution in [0.15, 0.2) is 66.9 Å². The van der Waals surface area contributed by atoms with Crippen LogP contribution in [0.25, 0.3) is 0 Å². The van der Waals surface area contributed by atoms with Crippen LogP contribution in [0.3, 0.4) is 0 Å². The Labute approximate surface area is 194 Å². The summed E-state index contributed by atoms with van der Waals surface area (Å²) in [4.78, 5) is 20.0. The molecule has 4 rings (SSSR count). The summed E-state index contributed by atoms with van der Waals surface area (Å²) in [5.74, 6) is 1.49. The quantitative estimate of drug-likeness (QED) is 0.506. The number of ether oxygens (including phenoxy) is 3. The second-order valence-corrected chi connectivity index (χ2v) is 7.50. The van der Waals surface area contributed by atoms with Crippen LogP contribution in [0.5, 0.6) is 23.1 Å². The van der Waals surface area contributed by atoms with E-state index in [0.29, 0.717) is 43.9 Å². The molecular formula is C24H22F3N3O4. The second kappa shape index (κ2) is 9.90. The molecule has 0 aliphatic carbocycles. The number of hydrogen-bond acceptors (Lipinski definition) is 6. The van der Waals surface area contributed by atoms with Crippen LogP contribution in [-0.2, 0) is 6.18 Å². The molecule has 178 valence electrons. The van der Waals surface area contributed by atoms with Crippen LogP contribution >= 0.6 is 0 Å². The topological polar surface area (TPSA) is 64.1 Å². The molecule has 10 heteroatoms. The number of piperazine rings is 1. The number of carbonyl (C=O) groups is 1. The molecule has 3 aromatic rings. The van der Waals surface area contributed by atoms with Crippen LogP contribution in [0.2, 0.25) is 0 Å². The number of alkyl halides is 3. The van der Waals surface area contributed by atoms with Crippen molar-refractivity contribution in [2.24, 2.45) is 0 Å². The Morgan fingerprint density at radius 3 is 2.03 bits per heavy atom. The Morgan fingerprint density at radius 1 is 0.853 bits per heavy atom. The summed E-state index contributed by atoms with van der Waals surface area (Å²) in [6.07, 6.45) is -4.20. The lowest BCUT2D eigenvalue weighted by atomic mass is 10.2. The molecule has 7 nitrogen and oxygen atoms in total. The van der Waals surface area contributed by atoms with Crippen LogP contribution in [0, 0.1) is 0 Å². The molecule has 0 N–H and O–H groups in total. The fourth-order valence-corrected chi connectivity index (χ4v) is 3.41. The molecule has 1 aliphatic rings. The van der Waals surface area contributed by atoms with E-state index in [-0.39, 0.29) is 5.88 Å². The molecule has 0 spiro atoms. The highest BCUT2D eigenvalue weighted by Crippen LogP contribution is 2.30. The minimum atomic E-state index is -4.46. The first-order valence-electron chi connectivity index (χ1n) is 10.5. The standard InChI is InChI=1S/C24H22F3N3O4/c1-32-19-5-3-18(4-6-19)29-12-14-30(15-13-29)23(31)34-21-9-7-20(8-10-21)33-22-11-2-17(16-28-22)24(25,26)27/h2-11,16H,12-15H2,1H3. The summed E-state index contributed by atoms with van der Waals surface area (Å²) in [5, 5.41) is 0. The molecule has 0 radical (unpaired) electrons. The maximum absolute atomic E-state index is 12.6. The van der Waals surface area contributed by atoms with Gasteiger partial charge in [0.25, 0.3) is 0 Å². The molecule has 1 aliphatic heterocycles. The van der Waals surface area contributed by atoms with Gasteiger partial charge in [-0.25, -0.2) is 9.78 Å². The Hall–Kier alpha value is -3.95. The van der Waals surface area contributed by atoms with Crippen molar-refractivity contribution in [2.75, 3.05) is 38.2 Å². The van der Waals surface area contributed by atoms with Crippen molar-refractivity contribution in [3.05, 3.63) is 72.4 Å². The SMILES string of the molecule is COc1ccc(N2CCN(C(=O)Oc3ccc(Oc4ccc(C(F)(F)F)cn4)cc3)CC2)cc1. The number of pyridine rings is 1. The number of nitrogens with zero attached hydrogens (tertiary/aromatic N) is 3. The number of carbonyl (C=O) groups excluding carboxylic acids is 1. The minimum Gasteiger partial charge on any atom is -0.497 e. The summed E-state index contributed by atoms with van der Waals surface area (Å²) in [6.45, 7) is 2.39. The van der Waals surface area contributed by atoms with E-state index >= 15 is 0 Å². The van der Waals surface area contributed by atoms with Crippen LogP contribution in [-0.4, -0.2) is 49.3 Å². The Bertz CT molecular complexity index is 1100. The van der Waals surface area contributed by atoms with E-state index in [9.17, 15) is 18.0 Å². The van der Waals surface area contributed by atoms with Crippen molar-refractivity contribution in [2.45, 2.75) is 6.18 Å². The monoisotopic (exact) mass is 473 g/mol. The summed E-state index contributed by atoms with van der Waals surface area (Å²) in [7, 11) is 1.62. The predicted molar refractivity (Wildman–Crippen MR) is 119 cm³/mol. The summed E-state index contributed by atoms with van der Waals surface area (Å²) in [5.41, 5.74) is 0.207. The highest BCUT2D eigenvalue weighted by Gasteiger charge is 2.30. The van der Waals surface area contributed by atoms with Gasteiger partial charge in [0.15, 0.2) is 0 Å². The lowest BCUT2D eigenvalue weighted by Crippen LogP contribution is -2.49. The van der Waals surface area contributed by atoms with Crippen molar-refractivity contribution in [3.63, 3.8) is 0 Å². The highest BCUT2D eigenvalue weighted by molar-refractivity contribution is 5.71. The van der Waals surface area contributed by atoms with Crippen LogP contribution in [0.4, 0.5) is 23.7 Å². The summed E-state index contributed by atoms with van der Waals surface area (Å²) >= 11 is 0. The normalized spacial score (nSPS) is 14.0. The zero-order valence-electron chi connectivity index (χ0n) is 18.3. The zero-order valence-corrected chi connectivity index (χ0v) is 18.3. The number of amides is 1. The third-order valence-corrected chi connectivity index (χ3v) is 5.29. The van der Waals surface area contributed by atoms with Crippen molar-refractivity contribution in [3.8, 4) is 23.1 Å². The maximum Gasteiger partial charge on any atom is 0.417 e. The minimum absolute atomic E-state index is 0.0208. The van der Waals surface area contributed by atoms with Gasteiger partial charge in [0, 0.05) is 44.1 Å². The molecule has 2 heterocycles. The van der Waals surface area contributed by atoms with Gasteiger partial charge in [-0.2, -0.15) is 13.2 Å². The molecule has 0 saturated carbocycles. The largest absolute Gasteiger partial charge is 0.497 e. The van der Waals surface area contributed by atoms with E-state index < -0.39 is 17.8 Å². The fourth-order valence-electron chi connectivity index (χ4n) is 3.41. The second-order valence-electron chi connectivity index (χ2n) is 7.50. The van der Waals surface area contributed by atoms with E-state index in [4.69, 9.17) is 14.2 Å². The van der Waals surface area contributed by atoms with Gasteiger partial charge in [0.1, 0.15) is 17.2 Å². The number of benzene rings is 2. The Balaban J connectivity index is 1.27. The number of methoxy groups -OCH3 is 1. The van der Waals surface area contributed by atoms with Crippen molar-refractivity contribution < 1.29 is 32.2 Å². The average Bonchev–Trinajstić information content (AvgIpc) is 2.85. The number of rotatable bonds is 5. The molecule has 2 aromatic carbocycles. The number of aromatic nitrogens is 1. The maximum atomic E-state index is 12.6. The van der Waals surface area contributed by atoms with Crippen molar-refractivity contribution in [1.82, 2.24) is 9.88 Å².